The van der Waals surface area contributed by atoms with Crippen LogP contribution in [0.4, 0.5) is 11.6 Å². The first-order valence-corrected chi connectivity index (χ1v) is 7.26. The van der Waals surface area contributed by atoms with E-state index >= 15 is 0 Å². The van der Waals surface area contributed by atoms with Gasteiger partial charge in [0.15, 0.2) is 5.76 Å². The molecule has 0 bridgehead atoms. The summed E-state index contributed by atoms with van der Waals surface area (Å²) in [5.74, 6) is 3.21. The van der Waals surface area contributed by atoms with Crippen molar-refractivity contribution in [1.82, 2.24) is 15.1 Å². The number of nitrogens with one attached hydrogen (secondary N) is 2. The fourth-order valence-electron chi connectivity index (χ4n) is 1.73. The minimum absolute atomic E-state index is 0.105. The molecule has 0 aliphatic carbocycles. The molecule has 0 fully saturated rings. The molecule has 0 amide bonds. The molecule has 2 aromatic heterocycles. The van der Waals surface area contributed by atoms with E-state index in [1.54, 1.807) is 6.20 Å². The molecule has 114 valence electrons. The number of hydrogen-bond donors (Lipinski definition) is 2. The van der Waals surface area contributed by atoms with Crippen LogP contribution in [0, 0.1) is 0 Å². The highest BCUT2D eigenvalue weighted by Crippen LogP contribution is 2.22. The largest absolute Gasteiger partial charge is 0.370 e. The van der Waals surface area contributed by atoms with Crippen molar-refractivity contribution in [3.05, 3.63) is 29.9 Å². The van der Waals surface area contributed by atoms with Gasteiger partial charge < -0.3 is 15.2 Å². The molecule has 0 unspecified atom stereocenters. The SMILES string of the molecule is CCCNc1cc(NCc2ccno2)nc(C(C)(C)C)n1. The van der Waals surface area contributed by atoms with Crippen LogP contribution in [0.5, 0.6) is 0 Å². The summed E-state index contributed by atoms with van der Waals surface area (Å²) < 4.78 is 5.08. The van der Waals surface area contributed by atoms with Crippen LogP contribution in [0.1, 0.15) is 45.7 Å². The van der Waals surface area contributed by atoms with E-state index < -0.39 is 0 Å². The summed E-state index contributed by atoms with van der Waals surface area (Å²) in [5.41, 5.74) is -0.105. The van der Waals surface area contributed by atoms with Crippen molar-refractivity contribution < 1.29 is 4.52 Å². The Kier molecular flexibility index (Phi) is 4.77. The summed E-state index contributed by atoms with van der Waals surface area (Å²) in [6.45, 7) is 9.88. The van der Waals surface area contributed by atoms with Crippen molar-refractivity contribution in [2.45, 2.75) is 46.1 Å². The Morgan fingerprint density at radius 3 is 2.43 bits per heavy atom. The minimum atomic E-state index is -0.105. The van der Waals surface area contributed by atoms with Gasteiger partial charge in [-0.05, 0) is 6.42 Å². The summed E-state index contributed by atoms with van der Waals surface area (Å²) in [5, 5.41) is 10.3. The van der Waals surface area contributed by atoms with E-state index in [-0.39, 0.29) is 5.41 Å². The standard InChI is InChI=1S/C15H23N5O/c1-5-7-16-12-9-13(17-10-11-6-8-18-21-11)20-14(19-12)15(2,3)4/h6,8-9H,5,7,10H2,1-4H3,(H2,16,17,19,20). The van der Waals surface area contributed by atoms with Crippen LogP contribution in [-0.2, 0) is 12.0 Å². The van der Waals surface area contributed by atoms with Gasteiger partial charge in [-0.1, -0.05) is 32.9 Å². The Bertz CT molecular complexity index is 560. The molecule has 2 aromatic rings. The molecule has 0 aromatic carbocycles. The lowest BCUT2D eigenvalue weighted by Gasteiger charge is -2.19. The van der Waals surface area contributed by atoms with Gasteiger partial charge in [0.1, 0.15) is 17.5 Å². The number of hydrogen-bond acceptors (Lipinski definition) is 6. The Morgan fingerprint density at radius 1 is 1.14 bits per heavy atom. The first kappa shape index (κ1) is 15.3. The number of aromatic nitrogens is 3. The molecular weight excluding hydrogens is 266 g/mol. The summed E-state index contributed by atoms with van der Waals surface area (Å²) in [4.78, 5) is 9.18. The second-order valence-corrected chi connectivity index (χ2v) is 5.97. The van der Waals surface area contributed by atoms with Gasteiger partial charge in [-0.3, -0.25) is 0 Å². The van der Waals surface area contributed by atoms with Crippen LogP contribution in [-0.4, -0.2) is 21.7 Å². The molecule has 2 rings (SSSR count). The highest BCUT2D eigenvalue weighted by molar-refractivity contribution is 5.48. The monoisotopic (exact) mass is 289 g/mol. The van der Waals surface area contributed by atoms with Gasteiger partial charge in [-0.2, -0.15) is 0 Å². The fourth-order valence-corrected chi connectivity index (χ4v) is 1.73. The van der Waals surface area contributed by atoms with Gasteiger partial charge in [-0.25, -0.2) is 9.97 Å². The van der Waals surface area contributed by atoms with Crippen molar-refractivity contribution >= 4 is 11.6 Å². The van der Waals surface area contributed by atoms with Crippen molar-refractivity contribution in [3.63, 3.8) is 0 Å². The van der Waals surface area contributed by atoms with Crippen molar-refractivity contribution in [3.8, 4) is 0 Å². The molecule has 0 spiro atoms. The summed E-state index contributed by atoms with van der Waals surface area (Å²) in [6.07, 6.45) is 2.68. The van der Waals surface area contributed by atoms with Crippen molar-refractivity contribution in [2.24, 2.45) is 0 Å². The minimum Gasteiger partial charge on any atom is -0.370 e. The molecule has 6 heteroatoms. The fraction of sp³-hybridized carbons (Fsp3) is 0.533. The van der Waals surface area contributed by atoms with E-state index in [0.717, 1.165) is 36.2 Å². The first-order valence-electron chi connectivity index (χ1n) is 7.26. The number of rotatable bonds is 6. The Morgan fingerprint density at radius 2 is 1.86 bits per heavy atom. The smallest absolute Gasteiger partial charge is 0.155 e. The molecule has 2 N–H and O–H groups in total. The Labute approximate surface area is 125 Å². The van der Waals surface area contributed by atoms with E-state index in [9.17, 15) is 0 Å². The van der Waals surface area contributed by atoms with Gasteiger partial charge in [-0.15, -0.1) is 0 Å². The average Bonchev–Trinajstić information content (AvgIpc) is 2.95. The maximum Gasteiger partial charge on any atom is 0.155 e. The van der Waals surface area contributed by atoms with Crippen LogP contribution < -0.4 is 10.6 Å². The molecule has 0 atom stereocenters. The summed E-state index contributed by atoms with van der Waals surface area (Å²) >= 11 is 0. The molecule has 21 heavy (non-hydrogen) atoms. The third-order valence-corrected chi connectivity index (χ3v) is 2.89. The second kappa shape index (κ2) is 6.56. The van der Waals surface area contributed by atoms with Gasteiger partial charge in [0, 0.05) is 24.1 Å². The predicted octanol–water partition coefficient (Wildman–Crippen LogP) is 3.20. The molecule has 0 aliphatic heterocycles. The lowest BCUT2D eigenvalue weighted by atomic mass is 9.96. The van der Waals surface area contributed by atoms with Gasteiger partial charge in [0.05, 0.1) is 12.7 Å². The van der Waals surface area contributed by atoms with E-state index in [4.69, 9.17) is 4.52 Å². The quantitative estimate of drug-likeness (QED) is 0.850. The number of nitrogens with zero attached hydrogens (tertiary/aromatic N) is 3. The van der Waals surface area contributed by atoms with E-state index in [1.807, 2.05) is 12.1 Å². The molecule has 0 saturated carbocycles. The normalized spacial score (nSPS) is 11.4. The van der Waals surface area contributed by atoms with Gasteiger partial charge >= 0.3 is 0 Å². The van der Waals surface area contributed by atoms with Crippen LogP contribution in [0.25, 0.3) is 0 Å². The van der Waals surface area contributed by atoms with Crippen LogP contribution in [0.2, 0.25) is 0 Å². The molecule has 0 radical (unpaired) electrons. The highest BCUT2D eigenvalue weighted by atomic mass is 16.5. The molecule has 0 saturated heterocycles. The molecule has 2 heterocycles. The summed E-state index contributed by atoms with van der Waals surface area (Å²) in [7, 11) is 0. The third kappa shape index (κ3) is 4.44. The Hall–Kier alpha value is -2.11. The molecular formula is C15H23N5O. The van der Waals surface area contributed by atoms with E-state index in [2.05, 4.69) is 53.5 Å². The van der Waals surface area contributed by atoms with E-state index in [0.29, 0.717) is 6.54 Å². The van der Waals surface area contributed by atoms with Crippen molar-refractivity contribution in [1.29, 1.82) is 0 Å². The van der Waals surface area contributed by atoms with Crippen molar-refractivity contribution in [2.75, 3.05) is 17.2 Å². The predicted molar refractivity (Wildman–Crippen MR) is 83.3 cm³/mol. The second-order valence-electron chi connectivity index (χ2n) is 5.97. The zero-order valence-corrected chi connectivity index (χ0v) is 13.1. The highest BCUT2D eigenvalue weighted by Gasteiger charge is 2.19. The molecule has 6 nitrogen and oxygen atoms in total. The van der Waals surface area contributed by atoms with Crippen LogP contribution in [0.3, 0.4) is 0 Å². The third-order valence-electron chi connectivity index (χ3n) is 2.89. The topological polar surface area (TPSA) is 75.9 Å². The maximum atomic E-state index is 5.08. The zero-order valence-electron chi connectivity index (χ0n) is 13.1. The number of anilines is 2. The first-order chi connectivity index (χ1) is 9.99. The van der Waals surface area contributed by atoms with Gasteiger partial charge in [0.25, 0.3) is 0 Å². The summed E-state index contributed by atoms with van der Waals surface area (Å²) in [6, 6.07) is 3.75. The maximum absolute atomic E-state index is 5.08. The van der Waals surface area contributed by atoms with Gasteiger partial charge in [0.2, 0.25) is 0 Å². The van der Waals surface area contributed by atoms with Crippen LogP contribution >= 0.6 is 0 Å². The van der Waals surface area contributed by atoms with E-state index in [1.165, 1.54) is 0 Å². The zero-order chi connectivity index (χ0) is 15.3. The Balaban J connectivity index is 2.17. The van der Waals surface area contributed by atoms with Crippen LogP contribution in [0.15, 0.2) is 22.9 Å². The molecule has 0 aliphatic rings. The lowest BCUT2D eigenvalue weighted by Crippen LogP contribution is -2.18. The lowest BCUT2D eigenvalue weighted by molar-refractivity contribution is 0.388. The average molecular weight is 289 g/mol.